The molecule has 0 saturated carbocycles. The summed E-state index contributed by atoms with van der Waals surface area (Å²) in [5.74, 6) is 0.555. The number of hydrogen-bond acceptors (Lipinski definition) is 3. The first-order valence-corrected chi connectivity index (χ1v) is 7.84. The smallest absolute Gasteiger partial charge is 0.220 e. The fourth-order valence-corrected chi connectivity index (χ4v) is 3.07. The third-order valence-electron chi connectivity index (χ3n) is 4.08. The second kappa shape index (κ2) is 7.46. The number of amides is 1. The Labute approximate surface area is 120 Å². The second-order valence-electron chi connectivity index (χ2n) is 5.60. The quantitative estimate of drug-likeness (QED) is 0.790. The molecule has 4 nitrogen and oxygen atoms in total. The molecule has 1 atom stereocenters. The Morgan fingerprint density at radius 1 is 1.26 bits per heavy atom. The van der Waals surface area contributed by atoms with Gasteiger partial charge in [0.25, 0.3) is 0 Å². The Bertz CT molecular complexity index is 286. The zero-order chi connectivity index (χ0) is 13.6. The molecular weight excluding hydrogens is 266 g/mol. The van der Waals surface area contributed by atoms with Crippen LogP contribution >= 0.6 is 11.6 Å². The van der Waals surface area contributed by atoms with Gasteiger partial charge in [0, 0.05) is 32.1 Å². The Morgan fingerprint density at radius 3 is 2.68 bits per heavy atom. The normalized spacial score (nSPS) is 26.9. The van der Waals surface area contributed by atoms with E-state index in [1.165, 1.54) is 6.42 Å². The van der Waals surface area contributed by atoms with Crippen molar-refractivity contribution in [3.8, 4) is 0 Å². The van der Waals surface area contributed by atoms with E-state index in [1.807, 2.05) is 0 Å². The van der Waals surface area contributed by atoms with Crippen molar-refractivity contribution in [3.05, 3.63) is 0 Å². The van der Waals surface area contributed by atoms with Crippen LogP contribution in [0.25, 0.3) is 0 Å². The summed E-state index contributed by atoms with van der Waals surface area (Å²) >= 11 is 6.04. The van der Waals surface area contributed by atoms with Crippen LogP contribution in [-0.2, 0) is 14.3 Å². The van der Waals surface area contributed by atoms with E-state index in [4.69, 9.17) is 21.1 Å². The van der Waals surface area contributed by atoms with Gasteiger partial charge in [0.15, 0.2) is 0 Å². The van der Waals surface area contributed by atoms with Crippen LogP contribution in [0.1, 0.15) is 44.9 Å². The van der Waals surface area contributed by atoms with E-state index in [0.29, 0.717) is 25.5 Å². The molecule has 2 fully saturated rings. The summed E-state index contributed by atoms with van der Waals surface area (Å²) in [6, 6.07) is 0. The van der Waals surface area contributed by atoms with Crippen molar-refractivity contribution in [1.29, 1.82) is 0 Å². The summed E-state index contributed by atoms with van der Waals surface area (Å²) in [6.07, 6.45) is 6.69. The number of hydrogen-bond donors (Lipinski definition) is 1. The molecule has 1 amide bonds. The van der Waals surface area contributed by atoms with Crippen LogP contribution in [-0.4, -0.2) is 43.3 Å². The molecule has 5 heteroatoms. The number of nitrogens with one attached hydrogen (secondary N) is 1. The Morgan fingerprint density at radius 2 is 2.05 bits per heavy atom. The first-order chi connectivity index (χ1) is 9.24. The van der Waals surface area contributed by atoms with Gasteiger partial charge in [-0.2, -0.15) is 0 Å². The predicted molar refractivity (Wildman–Crippen MR) is 74.5 cm³/mol. The Balaban J connectivity index is 1.72. The highest BCUT2D eigenvalue weighted by atomic mass is 35.5. The van der Waals surface area contributed by atoms with Gasteiger partial charge in [-0.3, -0.25) is 4.79 Å². The van der Waals surface area contributed by atoms with Crippen molar-refractivity contribution in [3.63, 3.8) is 0 Å². The van der Waals surface area contributed by atoms with Crippen LogP contribution in [0, 0.1) is 0 Å². The molecule has 1 unspecified atom stereocenters. The maximum atomic E-state index is 12.1. The first kappa shape index (κ1) is 15.1. The fraction of sp³-hybridized carbons (Fsp3) is 0.929. The fourth-order valence-electron chi connectivity index (χ4n) is 2.74. The highest BCUT2D eigenvalue weighted by Crippen LogP contribution is 2.23. The van der Waals surface area contributed by atoms with Crippen molar-refractivity contribution in [2.75, 3.05) is 25.7 Å². The Hall–Kier alpha value is -0.320. The van der Waals surface area contributed by atoms with Gasteiger partial charge in [-0.15, -0.1) is 11.6 Å². The average molecular weight is 290 g/mol. The van der Waals surface area contributed by atoms with Crippen LogP contribution < -0.4 is 5.32 Å². The first-order valence-electron chi connectivity index (χ1n) is 7.30. The largest absolute Gasteiger partial charge is 0.381 e. The molecule has 0 bridgehead atoms. The van der Waals surface area contributed by atoms with Gasteiger partial charge in [0.1, 0.15) is 0 Å². The van der Waals surface area contributed by atoms with Crippen molar-refractivity contribution < 1.29 is 14.3 Å². The van der Waals surface area contributed by atoms with Crippen LogP contribution in [0.5, 0.6) is 0 Å². The average Bonchev–Trinajstić information content (AvgIpc) is 2.47. The van der Waals surface area contributed by atoms with Crippen molar-refractivity contribution in [2.24, 2.45) is 0 Å². The molecule has 2 rings (SSSR count). The molecule has 19 heavy (non-hydrogen) atoms. The minimum Gasteiger partial charge on any atom is -0.381 e. The maximum absolute atomic E-state index is 12.1. The minimum atomic E-state index is -0.260. The lowest BCUT2D eigenvalue weighted by Crippen LogP contribution is -2.53. The predicted octanol–water partition coefficient (Wildman–Crippen LogP) is 2.24. The zero-order valence-corrected chi connectivity index (χ0v) is 12.2. The molecule has 2 aliphatic rings. The molecule has 0 aliphatic carbocycles. The van der Waals surface area contributed by atoms with E-state index in [9.17, 15) is 4.79 Å². The van der Waals surface area contributed by atoms with Gasteiger partial charge in [-0.05, 0) is 38.5 Å². The van der Waals surface area contributed by atoms with E-state index >= 15 is 0 Å². The topological polar surface area (TPSA) is 47.6 Å². The summed E-state index contributed by atoms with van der Waals surface area (Å²) in [7, 11) is 0. The number of ether oxygens (including phenoxy) is 2. The van der Waals surface area contributed by atoms with Gasteiger partial charge in [-0.1, -0.05) is 0 Å². The third-order valence-corrected chi connectivity index (χ3v) is 4.59. The number of alkyl halides is 1. The van der Waals surface area contributed by atoms with Crippen LogP contribution in [0.2, 0.25) is 0 Å². The van der Waals surface area contributed by atoms with Gasteiger partial charge < -0.3 is 14.8 Å². The van der Waals surface area contributed by atoms with E-state index < -0.39 is 0 Å². The van der Waals surface area contributed by atoms with E-state index in [1.54, 1.807) is 0 Å². The lowest BCUT2D eigenvalue weighted by atomic mass is 9.92. The van der Waals surface area contributed by atoms with Crippen molar-refractivity contribution in [2.45, 2.75) is 56.6 Å². The molecule has 0 aromatic carbocycles. The summed E-state index contributed by atoms with van der Waals surface area (Å²) in [6.45, 7) is 2.20. The standard InChI is InChI=1S/C14H24ClNO3/c15-11-14(6-9-18-10-7-14)16-13(17)5-4-12-3-1-2-8-19-12/h12H,1-11H2,(H,16,17). The number of rotatable bonds is 5. The molecular formula is C14H24ClNO3. The monoisotopic (exact) mass is 289 g/mol. The van der Waals surface area contributed by atoms with Crippen LogP contribution in [0.4, 0.5) is 0 Å². The Kier molecular flexibility index (Phi) is 5.92. The van der Waals surface area contributed by atoms with Gasteiger partial charge in [0.2, 0.25) is 5.91 Å². The third kappa shape index (κ3) is 4.62. The molecule has 2 aliphatic heterocycles. The molecule has 0 spiro atoms. The minimum absolute atomic E-state index is 0.0942. The van der Waals surface area contributed by atoms with E-state index in [2.05, 4.69) is 5.32 Å². The molecule has 1 N–H and O–H groups in total. The van der Waals surface area contributed by atoms with E-state index in [0.717, 1.165) is 38.7 Å². The van der Waals surface area contributed by atoms with E-state index in [-0.39, 0.29) is 17.6 Å². The molecule has 0 aromatic rings. The van der Waals surface area contributed by atoms with Gasteiger partial charge >= 0.3 is 0 Å². The van der Waals surface area contributed by atoms with Crippen molar-refractivity contribution >= 4 is 17.5 Å². The van der Waals surface area contributed by atoms with Crippen LogP contribution in [0.15, 0.2) is 0 Å². The highest BCUT2D eigenvalue weighted by molar-refractivity contribution is 6.18. The highest BCUT2D eigenvalue weighted by Gasteiger charge is 2.33. The molecule has 2 heterocycles. The summed E-state index contributed by atoms with van der Waals surface area (Å²) in [4.78, 5) is 12.1. The SMILES string of the molecule is O=C(CCC1CCCCO1)NC1(CCl)CCOCC1. The summed E-state index contributed by atoms with van der Waals surface area (Å²) < 4.78 is 11.0. The molecule has 110 valence electrons. The summed E-state index contributed by atoms with van der Waals surface area (Å²) in [5, 5.41) is 3.12. The second-order valence-corrected chi connectivity index (χ2v) is 5.87. The lowest BCUT2D eigenvalue weighted by Gasteiger charge is -2.36. The summed E-state index contributed by atoms with van der Waals surface area (Å²) in [5.41, 5.74) is -0.260. The number of halogens is 1. The number of carbonyl (C=O) groups excluding carboxylic acids is 1. The van der Waals surface area contributed by atoms with Gasteiger partial charge in [-0.25, -0.2) is 0 Å². The molecule has 0 radical (unpaired) electrons. The van der Waals surface area contributed by atoms with Gasteiger partial charge in [0.05, 0.1) is 11.6 Å². The maximum Gasteiger partial charge on any atom is 0.220 e. The lowest BCUT2D eigenvalue weighted by molar-refractivity contribution is -0.124. The zero-order valence-electron chi connectivity index (χ0n) is 11.5. The van der Waals surface area contributed by atoms with Crippen molar-refractivity contribution in [1.82, 2.24) is 5.32 Å². The number of carbonyl (C=O) groups is 1. The molecule has 2 saturated heterocycles. The van der Waals surface area contributed by atoms with Crippen LogP contribution in [0.3, 0.4) is 0 Å². The molecule has 0 aromatic heterocycles.